The quantitative estimate of drug-likeness (QED) is 0.900. The van der Waals surface area contributed by atoms with Gasteiger partial charge < -0.3 is 5.73 Å². The van der Waals surface area contributed by atoms with Gasteiger partial charge in [-0.25, -0.2) is 8.42 Å². The highest BCUT2D eigenvalue weighted by Gasteiger charge is 2.33. The van der Waals surface area contributed by atoms with Crippen LogP contribution in [-0.4, -0.2) is 31.9 Å². The van der Waals surface area contributed by atoms with Crippen molar-refractivity contribution in [2.75, 3.05) is 13.1 Å². The Morgan fingerprint density at radius 1 is 1.45 bits per heavy atom. The van der Waals surface area contributed by atoms with Gasteiger partial charge in [0.2, 0.25) is 10.0 Å². The maximum atomic E-state index is 12.7. The molecular weight excluding hydrogens is 340 g/mol. The number of benzene rings is 1. The molecule has 0 aliphatic carbocycles. The fraction of sp³-hybridized carbons (Fsp3) is 0.571. The highest BCUT2D eigenvalue weighted by Crippen LogP contribution is 2.27. The van der Waals surface area contributed by atoms with Crippen LogP contribution in [0.25, 0.3) is 0 Å². The maximum Gasteiger partial charge on any atom is 0.243 e. The molecule has 0 radical (unpaired) electrons. The van der Waals surface area contributed by atoms with Gasteiger partial charge in [0, 0.05) is 23.6 Å². The topological polar surface area (TPSA) is 63.4 Å². The molecule has 0 amide bonds. The summed E-state index contributed by atoms with van der Waals surface area (Å²) in [5, 5.41) is 0. The van der Waals surface area contributed by atoms with Crippen LogP contribution in [0.2, 0.25) is 0 Å². The van der Waals surface area contributed by atoms with Crippen LogP contribution in [0, 0.1) is 12.8 Å². The smallest absolute Gasteiger partial charge is 0.243 e. The van der Waals surface area contributed by atoms with Crippen molar-refractivity contribution >= 4 is 26.0 Å². The summed E-state index contributed by atoms with van der Waals surface area (Å²) in [6.07, 6.45) is 1.64. The van der Waals surface area contributed by atoms with Crippen LogP contribution in [0.1, 0.15) is 25.3 Å². The predicted octanol–water partition coefficient (Wildman–Crippen LogP) is 2.51. The van der Waals surface area contributed by atoms with Crippen molar-refractivity contribution < 1.29 is 8.42 Å². The first kappa shape index (κ1) is 15.9. The number of nitrogens with zero attached hydrogens (tertiary/aromatic N) is 1. The van der Waals surface area contributed by atoms with E-state index in [1.807, 2.05) is 6.92 Å². The van der Waals surface area contributed by atoms with Crippen molar-refractivity contribution in [3.05, 3.63) is 28.2 Å². The van der Waals surface area contributed by atoms with Gasteiger partial charge in [-0.2, -0.15) is 4.31 Å². The molecular formula is C14H21BrN2O2S. The normalized spacial score (nSPS) is 24.8. The lowest BCUT2D eigenvalue weighted by molar-refractivity contribution is 0.230. The molecule has 1 saturated heterocycles. The molecule has 2 unspecified atom stereocenters. The van der Waals surface area contributed by atoms with Crippen molar-refractivity contribution in [3.63, 3.8) is 0 Å². The first-order valence-electron chi connectivity index (χ1n) is 6.88. The minimum Gasteiger partial charge on any atom is -0.327 e. The molecule has 2 atom stereocenters. The lowest BCUT2D eigenvalue weighted by Crippen LogP contribution is -2.48. The first-order valence-corrected chi connectivity index (χ1v) is 9.11. The van der Waals surface area contributed by atoms with E-state index < -0.39 is 10.0 Å². The largest absolute Gasteiger partial charge is 0.327 e. The number of aryl methyl sites for hydroxylation is 1. The SMILES string of the molecule is CCC1CN(S(=O)(=O)c2ccc(Br)c(C)c2)CCC1N. The maximum absolute atomic E-state index is 12.7. The Morgan fingerprint density at radius 2 is 2.15 bits per heavy atom. The summed E-state index contributed by atoms with van der Waals surface area (Å²) < 4.78 is 27.9. The average molecular weight is 361 g/mol. The predicted molar refractivity (Wildman–Crippen MR) is 84.0 cm³/mol. The Morgan fingerprint density at radius 3 is 2.75 bits per heavy atom. The number of hydrogen-bond acceptors (Lipinski definition) is 3. The summed E-state index contributed by atoms with van der Waals surface area (Å²) in [5.41, 5.74) is 6.97. The molecule has 1 aliphatic rings. The number of sulfonamides is 1. The number of halogens is 1. The van der Waals surface area contributed by atoms with Gasteiger partial charge in [-0.15, -0.1) is 0 Å². The molecule has 1 heterocycles. The molecule has 2 rings (SSSR count). The molecule has 1 aromatic rings. The number of hydrogen-bond donors (Lipinski definition) is 1. The number of nitrogens with two attached hydrogens (primary N) is 1. The second kappa shape index (κ2) is 6.13. The van der Waals surface area contributed by atoms with E-state index in [4.69, 9.17) is 5.73 Å². The van der Waals surface area contributed by atoms with Crippen LogP contribution in [0.5, 0.6) is 0 Å². The zero-order valence-corrected chi connectivity index (χ0v) is 14.2. The van der Waals surface area contributed by atoms with E-state index in [1.165, 1.54) is 0 Å². The minimum absolute atomic E-state index is 0.109. The van der Waals surface area contributed by atoms with Crippen molar-refractivity contribution in [1.29, 1.82) is 0 Å². The molecule has 0 spiro atoms. The van der Waals surface area contributed by atoms with Crippen molar-refractivity contribution in [1.82, 2.24) is 4.31 Å². The molecule has 6 heteroatoms. The Labute approximate surface area is 129 Å². The van der Waals surface area contributed by atoms with Crippen molar-refractivity contribution in [2.24, 2.45) is 11.7 Å². The second-order valence-corrected chi connectivity index (χ2v) is 8.19. The summed E-state index contributed by atoms with van der Waals surface area (Å²) >= 11 is 3.40. The van der Waals surface area contributed by atoms with Gasteiger partial charge in [0.1, 0.15) is 0 Å². The summed E-state index contributed by atoms with van der Waals surface area (Å²) in [5.74, 6) is 0.245. The molecule has 1 aromatic carbocycles. The molecule has 20 heavy (non-hydrogen) atoms. The van der Waals surface area contributed by atoms with Crippen LogP contribution in [0.3, 0.4) is 0 Å². The Balaban J connectivity index is 2.28. The van der Waals surface area contributed by atoms with Crippen molar-refractivity contribution in [3.8, 4) is 0 Å². The Hall–Kier alpha value is -0.430. The summed E-state index contributed by atoms with van der Waals surface area (Å²) in [4.78, 5) is 0.364. The third-order valence-electron chi connectivity index (χ3n) is 4.05. The second-order valence-electron chi connectivity index (χ2n) is 5.39. The van der Waals surface area contributed by atoms with Gasteiger partial charge in [0.15, 0.2) is 0 Å². The molecule has 112 valence electrons. The van der Waals surface area contributed by atoms with Gasteiger partial charge in [-0.05, 0) is 43.0 Å². The van der Waals surface area contributed by atoms with Crippen LogP contribution in [-0.2, 0) is 10.0 Å². The van der Waals surface area contributed by atoms with E-state index in [-0.39, 0.29) is 12.0 Å². The van der Waals surface area contributed by atoms with Gasteiger partial charge >= 0.3 is 0 Å². The van der Waals surface area contributed by atoms with E-state index in [1.54, 1.807) is 22.5 Å². The van der Waals surface area contributed by atoms with Gasteiger partial charge in [0.05, 0.1) is 4.90 Å². The third-order valence-corrected chi connectivity index (χ3v) is 6.80. The highest BCUT2D eigenvalue weighted by atomic mass is 79.9. The fourth-order valence-electron chi connectivity index (χ4n) is 2.59. The molecule has 1 fully saturated rings. The van der Waals surface area contributed by atoms with Gasteiger partial charge in [-0.1, -0.05) is 29.3 Å². The molecule has 4 nitrogen and oxygen atoms in total. The fourth-order valence-corrected chi connectivity index (χ4v) is 4.44. The van der Waals surface area contributed by atoms with Gasteiger partial charge in [-0.3, -0.25) is 0 Å². The third kappa shape index (κ3) is 3.08. The zero-order valence-electron chi connectivity index (χ0n) is 11.8. The van der Waals surface area contributed by atoms with E-state index >= 15 is 0 Å². The van der Waals surface area contributed by atoms with Crippen molar-refractivity contribution in [2.45, 2.75) is 37.6 Å². The monoisotopic (exact) mass is 360 g/mol. The standard InChI is InChI=1S/C14H21BrN2O2S/c1-3-11-9-17(7-6-14(11)16)20(18,19)12-4-5-13(15)10(2)8-12/h4-5,8,11,14H,3,6-7,9,16H2,1-2H3. The van der Waals surface area contributed by atoms with Gasteiger partial charge in [0.25, 0.3) is 0 Å². The zero-order chi connectivity index (χ0) is 14.9. The van der Waals surface area contributed by atoms with E-state index in [0.29, 0.717) is 18.0 Å². The number of piperidine rings is 1. The summed E-state index contributed by atoms with van der Waals surface area (Å²) in [6, 6.07) is 5.27. The number of rotatable bonds is 3. The van der Waals surface area contributed by atoms with Crippen LogP contribution >= 0.6 is 15.9 Å². The highest BCUT2D eigenvalue weighted by molar-refractivity contribution is 9.10. The Bertz CT molecular complexity index is 589. The molecule has 0 aromatic heterocycles. The molecule has 2 N–H and O–H groups in total. The summed E-state index contributed by atoms with van der Waals surface area (Å²) in [7, 11) is -3.41. The average Bonchev–Trinajstić information content (AvgIpc) is 2.42. The van der Waals surface area contributed by atoms with E-state index in [2.05, 4.69) is 22.9 Å². The van der Waals surface area contributed by atoms with Crippen LogP contribution in [0.4, 0.5) is 0 Å². The molecule has 0 saturated carbocycles. The van der Waals surface area contributed by atoms with E-state index in [0.717, 1.165) is 22.9 Å². The summed E-state index contributed by atoms with van der Waals surface area (Å²) in [6.45, 7) is 4.98. The van der Waals surface area contributed by atoms with E-state index in [9.17, 15) is 8.42 Å². The molecule has 0 bridgehead atoms. The minimum atomic E-state index is -3.41. The molecule has 1 aliphatic heterocycles. The van der Waals surface area contributed by atoms with Crippen LogP contribution in [0.15, 0.2) is 27.6 Å². The lowest BCUT2D eigenvalue weighted by Gasteiger charge is -2.35. The first-order chi connectivity index (χ1) is 9.36. The Kier molecular flexibility index (Phi) is 4.89. The lowest BCUT2D eigenvalue weighted by atomic mass is 9.92. The van der Waals surface area contributed by atoms with Crippen LogP contribution < -0.4 is 5.73 Å².